The zero-order chi connectivity index (χ0) is 19.1. The Morgan fingerprint density at radius 3 is 2.27 bits per heavy atom. The summed E-state index contributed by atoms with van der Waals surface area (Å²) in [6, 6.07) is 12.2. The van der Waals surface area contributed by atoms with Crippen LogP contribution in [0.1, 0.15) is 18.1 Å². The molecule has 0 bridgehead atoms. The van der Waals surface area contributed by atoms with Crippen molar-refractivity contribution in [2.75, 3.05) is 0 Å². The van der Waals surface area contributed by atoms with Gasteiger partial charge in [-0.3, -0.25) is 0 Å². The van der Waals surface area contributed by atoms with Crippen molar-refractivity contribution in [3.05, 3.63) is 53.6 Å². The Morgan fingerprint density at radius 1 is 1.04 bits per heavy atom. The van der Waals surface area contributed by atoms with E-state index in [1.807, 2.05) is 36.6 Å². The van der Waals surface area contributed by atoms with Crippen LogP contribution in [-0.4, -0.2) is 22.1 Å². The Bertz CT molecular complexity index is 922. The number of aliphatic hydroxyl groups excluding tert-OH is 1. The average molecular weight is 363 g/mol. The van der Waals surface area contributed by atoms with E-state index in [2.05, 4.69) is 10.8 Å². The third-order valence-electron chi connectivity index (χ3n) is 4.07. The summed E-state index contributed by atoms with van der Waals surface area (Å²) < 4.78 is 43.4. The molecular weight excluding hydrogens is 343 g/mol. The number of alkyl halides is 3. The highest BCUT2D eigenvalue weighted by Crippen LogP contribution is 2.33. The second-order valence-corrected chi connectivity index (χ2v) is 6.63. The van der Waals surface area contributed by atoms with Crippen molar-refractivity contribution in [3.8, 4) is 17.0 Å². The molecule has 1 heterocycles. The van der Waals surface area contributed by atoms with Crippen LogP contribution in [-0.2, 0) is 6.54 Å². The van der Waals surface area contributed by atoms with Crippen molar-refractivity contribution < 1.29 is 23.0 Å². The minimum Gasteiger partial charge on any atom is -0.406 e. The lowest BCUT2D eigenvalue weighted by Crippen LogP contribution is -2.17. The number of hydrogen-bond donors (Lipinski definition) is 1. The predicted octanol–water partition coefficient (Wildman–Crippen LogP) is 5.20. The molecule has 0 saturated heterocycles. The summed E-state index contributed by atoms with van der Waals surface area (Å²) >= 11 is 0. The van der Waals surface area contributed by atoms with Crippen molar-refractivity contribution in [1.82, 2.24) is 4.57 Å². The van der Waals surface area contributed by atoms with E-state index in [0.717, 1.165) is 27.9 Å². The van der Waals surface area contributed by atoms with Gasteiger partial charge in [-0.2, -0.15) is 0 Å². The van der Waals surface area contributed by atoms with E-state index < -0.39 is 12.5 Å². The van der Waals surface area contributed by atoms with Gasteiger partial charge in [-0.15, -0.1) is 13.2 Å². The van der Waals surface area contributed by atoms with Gasteiger partial charge in [-0.25, -0.2) is 0 Å². The molecule has 3 aromatic rings. The monoisotopic (exact) mass is 363 g/mol. The first-order valence-electron chi connectivity index (χ1n) is 8.28. The Balaban J connectivity index is 2.17. The van der Waals surface area contributed by atoms with Crippen LogP contribution in [0.15, 0.2) is 42.5 Å². The van der Waals surface area contributed by atoms with Gasteiger partial charge in [0.15, 0.2) is 0 Å². The maximum Gasteiger partial charge on any atom is 0.573 e. The summed E-state index contributed by atoms with van der Waals surface area (Å²) in [5, 5.41) is 10.5. The van der Waals surface area contributed by atoms with Crippen LogP contribution < -0.4 is 4.74 Å². The topological polar surface area (TPSA) is 34.4 Å². The summed E-state index contributed by atoms with van der Waals surface area (Å²) in [6.45, 7) is 6.00. The Labute approximate surface area is 149 Å². The number of halogens is 3. The van der Waals surface area contributed by atoms with E-state index in [4.69, 9.17) is 0 Å². The van der Waals surface area contributed by atoms with E-state index in [1.165, 1.54) is 12.1 Å². The van der Waals surface area contributed by atoms with Crippen molar-refractivity contribution in [3.63, 3.8) is 0 Å². The van der Waals surface area contributed by atoms with Crippen molar-refractivity contribution in [2.24, 2.45) is 0 Å². The van der Waals surface area contributed by atoms with Gasteiger partial charge in [0.05, 0.1) is 6.10 Å². The zero-order valence-electron chi connectivity index (χ0n) is 14.8. The predicted molar refractivity (Wildman–Crippen MR) is 95.2 cm³/mol. The van der Waals surface area contributed by atoms with Crippen LogP contribution in [0.25, 0.3) is 22.2 Å². The van der Waals surface area contributed by atoms with Crippen LogP contribution in [0, 0.1) is 13.8 Å². The third-order valence-corrected chi connectivity index (χ3v) is 4.07. The number of hydrogen-bond acceptors (Lipinski definition) is 2. The largest absolute Gasteiger partial charge is 0.573 e. The zero-order valence-corrected chi connectivity index (χ0v) is 14.8. The maximum atomic E-state index is 12.5. The summed E-state index contributed by atoms with van der Waals surface area (Å²) in [7, 11) is 0. The van der Waals surface area contributed by atoms with Crippen molar-refractivity contribution in [1.29, 1.82) is 0 Å². The molecule has 1 atom stereocenters. The van der Waals surface area contributed by atoms with E-state index in [1.54, 1.807) is 13.0 Å². The smallest absolute Gasteiger partial charge is 0.406 e. The molecule has 1 unspecified atom stereocenters. The fraction of sp³-hybridized carbons (Fsp3) is 0.300. The SMILES string of the molecule is Cc1cc(C)cc(-c2cc3cc(OC(F)(F)F)ccc3n2CC(C)O)c1. The van der Waals surface area contributed by atoms with Crippen LogP contribution in [0.5, 0.6) is 5.75 Å². The number of ether oxygens (including phenoxy) is 1. The molecule has 1 aromatic heterocycles. The van der Waals surface area contributed by atoms with Crippen LogP contribution in [0.2, 0.25) is 0 Å². The van der Waals surface area contributed by atoms with E-state index in [-0.39, 0.29) is 5.75 Å². The number of rotatable bonds is 4. The standard InChI is InChI=1S/C20H20F3NO2/c1-12-6-13(2)8-15(7-12)19-10-16-9-17(26-20(21,22)23)4-5-18(16)24(19)11-14(3)25/h4-10,14,25H,11H2,1-3H3. The first kappa shape index (κ1) is 18.3. The molecule has 0 aliphatic carbocycles. The number of aryl methyl sites for hydroxylation is 2. The third kappa shape index (κ3) is 4.02. The normalized spacial score (nSPS) is 13.2. The van der Waals surface area contributed by atoms with E-state index >= 15 is 0 Å². The Hall–Kier alpha value is -2.47. The van der Waals surface area contributed by atoms with Crippen molar-refractivity contribution >= 4 is 10.9 Å². The highest BCUT2D eigenvalue weighted by atomic mass is 19.4. The first-order valence-corrected chi connectivity index (χ1v) is 8.28. The Kier molecular flexibility index (Phi) is 4.71. The van der Waals surface area contributed by atoms with Gasteiger partial charge in [0.25, 0.3) is 0 Å². The van der Waals surface area contributed by atoms with E-state index in [9.17, 15) is 18.3 Å². The van der Waals surface area contributed by atoms with Gasteiger partial charge < -0.3 is 14.4 Å². The second kappa shape index (κ2) is 6.68. The highest BCUT2D eigenvalue weighted by molar-refractivity contribution is 5.88. The number of benzene rings is 2. The number of nitrogens with zero attached hydrogens (tertiary/aromatic N) is 1. The van der Waals surface area contributed by atoms with Crippen molar-refractivity contribution in [2.45, 2.75) is 39.8 Å². The lowest BCUT2D eigenvalue weighted by Gasteiger charge is -2.14. The quantitative estimate of drug-likeness (QED) is 0.691. The molecule has 0 aliphatic rings. The molecule has 138 valence electrons. The minimum absolute atomic E-state index is 0.258. The average Bonchev–Trinajstić information content (AvgIpc) is 2.82. The fourth-order valence-electron chi connectivity index (χ4n) is 3.27. The number of aliphatic hydroxyl groups is 1. The summed E-state index contributed by atoms with van der Waals surface area (Å²) in [5.41, 5.74) is 4.73. The summed E-state index contributed by atoms with van der Waals surface area (Å²) in [6.07, 6.45) is -5.33. The molecule has 0 aliphatic heterocycles. The molecule has 0 fully saturated rings. The first-order chi connectivity index (χ1) is 12.1. The molecule has 0 saturated carbocycles. The molecule has 3 rings (SSSR count). The second-order valence-electron chi connectivity index (χ2n) is 6.63. The molecule has 1 N–H and O–H groups in total. The lowest BCUT2D eigenvalue weighted by atomic mass is 10.0. The fourth-order valence-corrected chi connectivity index (χ4v) is 3.27. The van der Waals surface area contributed by atoms with Crippen LogP contribution in [0.4, 0.5) is 13.2 Å². The molecule has 0 amide bonds. The molecule has 6 heteroatoms. The molecule has 2 aromatic carbocycles. The summed E-state index contributed by atoms with van der Waals surface area (Å²) in [5.74, 6) is -0.258. The molecule has 0 spiro atoms. The van der Waals surface area contributed by atoms with Gasteiger partial charge in [0.1, 0.15) is 5.75 Å². The molecular formula is C20H20F3NO2. The number of aromatic nitrogens is 1. The van der Waals surface area contributed by atoms with Crippen LogP contribution >= 0.6 is 0 Å². The van der Waals surface area contributed by atoms with E-state index in [0.29, 0.717) is 11.9 Å². The summed E-state index contributed by atoms with van der Waals surface area (Å²) in [4.78, 5) is 0. The minimum atomic E-state index is -4.73. The van der Waals surface area contributed by atoms with Gasteiger partial charge >= 0.3 is 6.36 Å². The lowest BCUT2D eigenvalue weighted by molar-refractivity contribution is -0.274. The molecule has 3 nitrogen and oxygen atoms in total. The van der Waals surface area contributed by atoms with Gasteiger partial charge in [0.2, 0.25) is 0 Å². The molecule has 26 heavy (non-hydrogen) atoms. The highest BCUT2D eigenvalue weighted by Gasteiger charge is 2.31. The van der Waals surface area contributed by atoms with Gasteiger partial charge in [-0.05, 0) is 62.7 Å². The Morgan fingerprint density at radius 2 is 1.69 bits per heavy atom. The molecule has 0 radical (unpaired) electrons. The van der Waals surface area contributed by atoms with Gasteiger partial charge in [-0.1, -0.05) is 17.2 Å². The maximum absolute atomic E-state index is 12.5. The van der Waals surface area contributed by atoms with Gasteiger partial charge in [0, 0.05) is 23.1 Å². The van der Waals surface area contributed by atoms with Crippen LogP contribution in [0.3, 0.4) is 0 Å². The number of fused-ring (bicyclic) bond motifs is 1.